The van der Waals surface area contributed by atoms with E-state index in [0.717, 1.165) is 11.1 Å². The van der Waals surface area contributed by atoms with E-state index in [4.69, 9.17) is 0 Å². The summed E-state index contributed by atoms with van der Waals surface area (Å²) in [6.45, 7) is 6.18. The molecule has 2 N–H and O–H groups in total. The molecule has 0 aliphatic carbocycles. The largest absolute Gasteiger partial charge is 0.351 e. The van der Waals surface area contributed by atoms with Gasteiger partial charge in [0.15, 0.2) is 0 Å². The van der Waals surface area contributed by atoms with Gasteiger partial charge in [-0.25, -0.2) is 13.1 Å². The van der Waals surface area contributed by atoms with Crippen molar-refractivity contribution in [1.82, 2.24) is 15.0 Å². The zero-order chi connectivity index (χ0) is 18.5. The molecule has 134 valence electrons. The van der Waals surface area contributed by atoms with Crippen LogP contribution in [0.5, 0.6) is 0 Å². The number of pyridine rings is 1. The minimum absolute atomic E-state index is 0.0530. The van der Waals surface area contributed by atoms with Gasteiger partial charge in [-0.05, 0) is 40.8 Å². The van der Waals surface area contributed by atoms with Crippen LogP contribution in [0.3, 0.4) is 0 Å². The van der Waals surface area contributed by atoms with Gasteiger partial charge in [-0.3, -0.25) is 9.78 Å². The number of carbonyl (C=O) groups is 1. The molecule has 0 saturated heterocycles. The third kappa shape index (κ3) is 5.65. The molecule has 0 saturated carbocycles. The first-order chi connectivity index (χ1) is 11.7. The van der Waals surface area contributed by atoms with Crippen LogP contribution in [0.2, 0.25) is 0 Å². The molecule has 0 radical (unpaired) electrons. The van der Waals surface area contributed by atoms with Crippen molar-refractivity contribution in [3.63, 3.8) is 0 Å². The summed E-state index contributed by atoms with van der Waals surface area (Å²) in [5.74, 6) is -0.397. The smallest absolute Gasteiger partial charge is 0.241 e. The second kappa shape index (κ2) is 7.76. The van der Waals surface area contributed by atoms with Gasteiger partial charge >= 0.3 is 0 Å². The maximum absolute atomic E-state index is 12.3. The lowest BCUT2D eigenvalue weighted by Crippen LogP contribution is -2.36. The zero-order valence-electron chi connectivity index (χ0n) is 14.6. The van der Waals surface area contributed by atoms with Crippen molar-refractivity contribution < 1.29 is 13.2 Å². The Bertz CT molecular complexity index is 811. The molecular weight excluding hydrogens is 338 g/mol. The number of sulfonamides is 1. The molecule has 0 unspecified atom stereocenters. The molecule has 2 rings (SSSR count). The van der Waals surface area contributed by atoms with E-state index in [-0.39, 0.29) is 16.9 Å². The number of benzene rings is 1. The highest BCUT2D eigenvalue weighted by Gasteiger charge is 2.18. The van der Waals surface area contributed by atoms with E-state index in [1.165, 1.54) is 0 Å². The molecule has 1 aromatic carbocycles. The minimum Gasteiger partial charge on any atom is -0.351 e. The summed E-state index contributed by atoms with van der Waals surface area (Å²) in [4.78, 5) is 15.9. The topological polar surface area (TPSA) is 88.2 Å². The number of nitrogens with zero attached hydrogens (tertiary/aromatic N) is 1. The lowest BCUT2D eigenvalue weighted by Gasteiger charge is -2.19. The lowest BCUT2D eigenvalue weighted by atomic mass is 9.87. The lowest BCUT2D eigenvalue weighted by molar-refractivity contribution is -0.120. The van der Waals surface area contributed by atoms with Gasteiger partial charge in [0.05, 0.1) is 11.4 Å². The summed E-state index contributed by atoms with van der Waals surface area (Å²) >= 11 is 0. The normalized spacial score (nSPS) is 12.0. The molecule has 0 spiro atoms. The number of nitrogens with one attached hydrogen (secondary N) is 2. The Morgan fingerprint density at radius 3 is 2.20 bits per heavy atom. The Kier molecular flexibility index (Phi) is 5.92. The number of aromatic nitrogens is 1. The second-order valence-corrected chi connectivity index (χ2v) is 8.50. The van der Waals surface area contributed by atoms with Gasteiger partial charge < -0.3 is 5.32 Å². The maximum Gasteiger partial charge on any atom is 0.241 e. The summed E-state index contributed by atoms with van der Waals surface area (Å²) in [5, 5.41) is 2.66. The van der Waals surface area contributed by atoms with Crippen LogP contribution < -0.4 is 10.0 Å². The molecule has 0 aliphatic rings. The fourth-order valence-electron chi connectivity index (χ4n) is 2.14. The third-order valence-electron chi connectivity index (χ3n) is 3.69. The van der Waals surface area contributed by atoms with E-state index in [1.54, 1.807) is 48.8 Å². The number of hydrogen-bond donors (Lipinski definition) is 2. The van der Waals surface area contributed by atoms with Gasteiger partial charge in [0.1, 0.15) is 0 Å². The fourth-order valence-corrected chi connectivity index (χ4v) is 3.12. The van der Waals surface area contributed by atoms with Crippen molar-refractivity contribution >= 4 is 15.9 Å². The molecule has 0 atom stereocenters. The Morgan fingerprint density at radius 1 is 1.04 bits per heavy atom. The first-order valence-electron chi connectivity index (χ1n) is 7.94. The van der Waals surface area contributed by atoms with Gasteiger partial charge in [-0.1, -0.05) is 32.9 Å². The van der Waals surface area contributed by atoms with E-state index >= 15 is 0 Å². The van der Waals surface area contributed by atoms with Gasteiger partial charge in [-0.15, -0.1) is 0 Å². The zero-order valence-corrected chi connectivity index (χ0v) is 15.4. The molecular formula is C18H23N3O3S. The fraction of sp³-hybridized carbons (Fsp3) is 0.333. The standard InChI is InChI=1S/C18H23N3O3S/c1-18(2,3)15-4-6-16(7-5-15)25(23,24)21-13-17(22)20-12-14-8-10-19-11-9-14/h4-11,21H,12-13H2,1-3H3,(H,20,22). The average molecular weight is 361 g/mol. The van der Waals surface area contributed by atoms with Crippen molar-refractivity contribution in [1.29, 1.82) is 0 Å². The van der Waals surface area contributed by atoms with Crippen molar-refractivity contribution in [2.45, 2.75) is 37.6 Å². The van der Waals surface area contributed by atoms with Gasteiger partial charge in [0, 0.05) is 18.9 Å². The Labute approximate surface area is 148 Å². The van der Waals surface area contributed by atoms with E-state index < -0.39 is 15.9 Å². The van der Waals surface area contributed by atoms with Crippen LogP contribution in [0, 0.1) is 0 Å². The van der Waals surface area contributed by atoms with Gasteiger partial charge in [0.25, 0.3) is 0 Å². The molecule has 25 heavy (non-hydrogen) atoms. The molecule has 2 aromatic rings. The summed E-state index contributed by atoms with van der Waals surface area (Å²) in [6, 6.07) is 10.2. The van der Waals surface area contributed by atoms with Crippen LogP contribution in [-0.2, 0) is 26.8 Å². The molecule has 1 aromatic heterocycles. The number of hydrogen-bond acceptors (Lipinski definition) is 4. The number of carbonyl (C=O) groups excluding carboxylic acids is 1. The molecule has 0 fully saturated rings. The highest BCUT2D eigenvalue weighted by Crippen LogP contribution is 2.23. The molecule has 7 heteroatoms. The minimum atomic E-state index is -3.72. The molecule has 6 nitrogen and oxygen atoms in total. The van der Waals surface area contributed by atoms with E-state index in [1.807, 2.05) is 0 Å². The molecule has 0 bridgehead atoms. The first kappa shape index (κ1) is 19.1. The highest BCUT2D eigenvalue weighted by molar-refractivity contribution is 7.89. The maximum atomic E-state index is 12.3. The second-order valence-electron chi connectivity index (χ2n) is 6.73. The van der Waals surface area contributed by atoms with Crippen molar-refractivity contribution in [2.75, 3.05) is 6.54 Å². The summed E-state index contributed by atoms with van der Waals surface area (Å²) in [5.41, 5.74) is 1.88. The third-order valence-corrected chi connectivity index (χ3v) is 5.11. The van der Waals surface area contributed by atoms with E-state index in [2.05, 4.69) is 35.8 Å². The predicted octanol–water partition coefficient (Wildman–Crippen LogP) is 1.97. The Balaban J connectivity index is 1.91. The van der Waals surface area contributed by atoms with Crippen molar-refractivity contribution in [2.24, 2.45) is 0 Å². The molecule has 1 amide bonds. The molecule has 1 heterocycles. The van der Waals surface area contributed by atoms with Crippen LogP contribution in [0.15, 0.2) is 53.7 Å². The number of rotatable bonds is 6. The number of amides is 1. The van der Waals surface area contributed by atoms with Crippen LogP contribution >= 0.6 is 0 Å². The summed E-state index contributed by atoms with van der Waals surface area (Å²) < 4.78 is 26.9. The molecule has 0 aliphatic heterocycles. The van der Waals surface area contributed by atoms with Gasteiger partial charge in [-0.2, -0.15) is 0 Å². The first-order valence-corrected chi connectivity index (χ1v) is 9.42. The van der Waals surface area contributed by atoms with Crippen molar-refractivity contribution in [3.05, 3.63) is 59.9 Å². The summed E-state index contributed by atoms with van der Waals surface area (Å²) in [7, 11) is -3.72. The van der Waals surface area contributed by atoms with Crippen LogP contribution in [-0.4, -0.2) is 25.9 Å². The Hall–Kier alpha value is -2.25. The van der Waals surface area contributed by atoms with Gasteiger partial charge in [0.2, 0.25) is 15.9 Å². The van der Waals surface area contributed by atoms with Crippen molar-refractivity contribution in [3.8, 4) is 0 Å². The van der Waals surface area contributed by atoms with E-state index in [9.17, 15) is 13.2 Å². The van der Waals surface area contributed by atoms with Crippen LogP contribution in [0.4, 0.5) is 0 Å². The van der Waals surface area contributed by atoms with Crippen LogP contribution in [0.1, 0.15) is 31.9 Å². The van der Waals surface area contributed by atoms with E-state index in [0.29, 0.717) is 6.54 Å². The summed E-state index contributed by atoms with van der Waals surface area (Å²) in [6.07, 6.45) is 3.26. The van der Waals surface area contributed by atoms with Crippen LogP contribution in [0.25, 0.3) is 0 Å². The highest BCUT2D eigenvalue weighted by atomic mass is 32.2. The quantitative estimate of drug-likeness (QED) is 0.823. The average Bonchev–Trinajstić information content (AvgIpc) is 2.58. The Morgan fingerprint density at radius 2 is 1.64 bits per heavy atom. The SMILES string of the molecule is CC(C)(C)c1ccc(S(=O)(=O)NCC(=O)NCc2ccncc2)cc1. The predicted molar refractivity (Wildman–Crippen MR) is 96.4 cm³/mol. The monoisotopic (exact) mass is 361 g/mol.